The van der Waals surface area contributed by atoms with Crippen molar-refractivity contribution in [1.29, 1.82) is 0 Å². The van der Waals surface area contributed by atoms with Crippen LogP contribution in [0.4, 0.5) is 0 Å². The van der Waals surface area contributed by atoms with Crippen molar-refractivity contribution < 1.29 is 4.74 Å². The maximum atomic E-state index is 6.02. The molecule has 1 aromatic heterocycles. The van der Waals surface area contributed by atoms with E-state index in [1.807, 2.05) is 6.07 Å². The Kier molecular flexibility index (Phi) is 5.44. The second-order valence-electron chi connectivity index (χ2n) is 7.64. The molecule has 0 aliphatic carbocycles. The molecule has 0 atom stereocenters. The summed E-state index contributed by atoms with van der Waals surface area (Å²) in [7, 11) is 2.08. The molecule has 2 heterocycles. The van der Waals surface area contributed by atoms with E-state index in [-0.39, 0.29) is 0 Å². The zero-order valence-electron chi connectivity index (χ0n) is 16.4. The molecule has 1 aliphatic rings. The third-order valence-corrected chi connectivity index (χ3v) is 5.71. The Morgan fingerprint density at radius 2 is 1.96 bits per heavy atom. The second-order valence-corrected chi connectivity index (χ2v) is 7.64. The monoisotopic (exact) mass is 363 g/mol. The Morgan fingerprint density at radius 1 is 1.15 bits per heavy atom. The lowest BCUT2D eigenvalue weighted by atomic mass is 9.93. The third-order valence-electron chi connectivity index (χ3n) is 5.71. The average Bonchev–Trinajstić information content (AvgIpc) is 3.03. The van der Waals surface area contributed by atoms with Gasteiger partial charge in [0.1, 0.15) is 11.6 Å². The van der Waals surface area contributed by atoms with Crippen molar-refractivity contribution in [3.8, 4) is 17.1 Å². The fourth-order valence-electron chi connectivity index (χ4n) is 4.10. The minimum atomic E-state index is 0.801. The first-order valence-electron chi connectivity index (χ1n) is 10.1. The van der Waals surface area contributed by atoms with E-state index in [9.17, 15) is 0 Å². The van der Waals surface area contributed by atoms with E-state index in [0.717, 1.165) is 47.1 Å². The van der Waals surface area contributed by atoms with E-state index in [1.165, 1.54) is 37.9 Å². The highest BCUT2D eigenvalue weighted by Crippen LogP contribution is 2.29. The zero-order chi connectivity index (χ0) is 18.6. The maximum absolute atomic E-state index is 6.02. The predicted octanol–water partition coefficient (Wildman–Crippen LogP) is 4.71. The molecule has 0 unspecified atom stereocenters. The Balaban J connectivity index is 1.40. The Bertz CT molecular complexity index is 909. The second kappa shape index (κ2) is 8.13. The van der Waals surface area contributed by atoms with Crippen LogP contribution in [0.25, 0.3) is 22.4 Å². The number of nitrogens with one attached hydrogen (secondary N) is 1. The lowest BCUT2D eigenvalue weighted by Gasteiger charge is -2.22. The van der Waals surface area contributed by atoms with Crippen LogP contribution in [0.5, 0.6) is 5.75 Å². The van der Waals surface area contributed by atoms with E-state index < -0.39 is 0 Å². The van der Waals surface area contributed by atoms with Gasteiger partial charge >= 0.3 is 0 Å². The first kappa shape index (κ1) is 18.1. The van der Waals surface area contributed by atoms with Gasteiger partial charge in [0.2, 0.25) is 0 Å². The summed E-state index contributed by atoms with van der Waals surface area (Å²) in [4.78, 5) is 4.82. The Labute approximate surface area is 161 Å². The van der Waals surface area contributed by atoms with E-state index in [4.69, 9.17) is 9.72 Å². The molecule has 4 nitrogen and oxygen atoms in total. The van der Waals surface area contributed by atoms with Crippen LogP contribution in [-0.2, 0) is 7.05 Å². The van der Waals surface area contributed by atoms with Crippen LogP contribution in [0.15, 0.2) is 42.5 Å². The molecule has 0 saturated carbocycles. The molecule has 0 amide bonds. The molecule has 0 bridgehead atoms. The van der Waals surface area contributed by atoms with Gasteiger partial charge in [-0.3, -0.25) is 0 Å². The van der Waals surface area contributed by atoms with Crippen LogP contribution in [0.2, 0.25) is 0 Å². The minimum Gasteiger partial charge on any atom is -0.494 e. The first-order valence-corrected chi connectivity index (χ1v) is 10.1. The number of imidazole rings is 1. The lowest BCUT2D eigenvalue weighted by Crippen LogP contribution is -2.27. The average molecular weight is 364 g/mol. The SMILES string of the molecule is Cc1cc(OCCCC2CCNCC2)ccc1-c1nc2ccccc2n1C. The molecule has 142 valence electrons. The highest BCUT2D eigenvalue weighted by atomic mass is 16.5. The number of aromatic nitrogens is 2. The quantitative estimate of drug-likeness (QED) is 0.645. The number of piperidine rings is 1. The smallest absolute Gasteiger partial charge is 0.141 e. The summed E-state index contributed by atoms with van der Waals surface area (Å²) < 4.78 is 8.18. The maximum Gasteiger partial charge on any atom is 0.141 e. The van der Waals surface area contributed by atoms with Gasteiger partial charge in [0, 0.05) is 12.6 Å². The van der Waals surface area contributed by atoms with Gasteiger partial charge < -0.3 is 14.6 Å². The Morgan fingerprint density at radius 3 is 2.74 bits per heavy atom. The van der Waals surface area contributed by atoms with Gasteiger partial charge in [-0.15, -0.1) is 0 Å². The van der Waals surface area contributed by atoms with Gasteiger partial charge in [-0.05, 0) is 87.5 Å². The van der Waals surface area contributed by atoms with Crippen LogP contribution in [-0.4, -0.2) is 29.2 Å². The summed E-state index contributed by atoms with van der Waals surface area (Å²) in [5.74, 6) is 2.84. The summed E-state index contributed by atoms with van der Waals surface area (Å²) in [6, 6.07) is 14.6. The van der Waals surface area contributed by atoms with E-state index in [0.29, 0.717) is 0 Å². The number of benzene rings is 2. The molecule has 1 N–H and O–H groups in total. The van der Waals surface area contributed by atoms with Gasteiger partial charge in [0.25, 0.3) is 0 Å². The number of rotatable bonds is 6. The van der Waals surface area contributed by atoms with Crippen molar-refractivity contribution >= 4 is 11.0 Å². The van der Waals surface area contributed by atoms with Crippen LogP contribution < -0.4 is 10.1 Å². The van der Waals surface area contributed by atoms with Crippen molar-refractivity contribution in [2.24, 2.45) is 13.0 Å². The third kappa shape index (κ3) is 4.01. The van der Waals surface area contributed by atoms with E-state index in [1.54, 1.807) is 0 Å². The summed E-state index contributed by atoms with van der Waals surface area (Å²) >= 11 is 0. The number of para-hydroxylation sites is 2. The van der Waals surface area contributed by atoms with Gasteiger partial charge in [-0.1, -0.05) is 12.1 Å². The summed E-state index contributed by atoms with van der Waals surface area (Å²) in [5.41, 5.74) is 4.55. The summed E-state index contributed by atoms with van der Waals surface area (Å²) in [5, 5.41) is 3.43. The Hall–Kier alpha value is -2.33. The molecule has 4 heteroatoms. The van der Waals surface area contributed by atoms with Gasteiger partial charge in [-0.25, -0.2) is 4.98 Å². The molecule has 4 rings (SSSR count). The molecule has 27 heavy (non-hydrogen) atoms. The molecule has 2 aromatic carbocycles. The molecule has 3 aromatic rings. The molecule has 1 saturated heterocycles. The predicted molar refractivity (Wildman–Crippen MR) is 111 cm³/mol. The van der Waals surface area contributed by atoms with E-state index in [2.05, 4.69) is 60.3 Å². The van der Waals surface area contributed by atoms with Crippen LogP contribution >= 0.6 is 0 Å². The van der Waals surface area contributed by atoms with Crippen molar-refractivity contribution in [2.45, 2.75) is 32.6 Å². The van der Waals surface area contributed by atoms with Crippen molar-refractivity contribution in [2.75, 3.05) is 19.7 Å². The molecule has 1 aliphatic heterocycles. The molecule has 1 fully saturated rings. The van der Waals surface area contributed by atoms with E-state index >= 15 is 0 Å². The topological polar surface area (TPSA) is 39.1 Å². The van der Waals surface area contributed by atoms with Crippen molar-refractivity contribution in [3.05, 3.63) is 48.0 Å². The van der Waals surface area contributed by atoms with Crippen molar-refractivity contribution in [3.63, 3.8) is 0 Å². The summed E-state index contributed by atoms with van der Waals surface area (Å²) in [6.07, 6.45) is 5.03. The van der Waals surface area contributed by atoms with Gasteiger partial charge in [-0.2, -0.15) is 0 Å². The number of hydrogen-bond acceptors (Lipinski definition) is 3. The standard InChI is InChI=1S/C23H29N3O/c1-17-16-19(27-15-5-6-18-11-13-24-14-12-18)9-10-20(17)23-25-21-7-3-4-8-22(21)26(23)2/h3-4,7-10,16,18,24H,5-6,11-15H2,1-2H3. The number of nitrogens with zero attached hydrogens (tertiary/aromatic N) is 2. The van der Waals surface area contributed by atoms with Crippen LogP contribution in [0.3, 0.4) is 0 Å². The highest BCUT2D eigenvalue weighted by molar-refractivity contribution is 5.81. The molecular formula is C23H29N3O. The molecular weight excluding hydrogens is 334 g/mol. The fourth-order valence-corrected chi connectivity index (χ4v) is 4.10. The fraction of sp³-hybridized carbons (Fsp3) is 0.435. The zero-order valence-corrected chi connectivity index (χ0v) is 16.4. The number of fused-ring (bicyclic) bond motifs is 1. The largest absolute Gasteiger partial charge is 0.494 e. The lowest BCUT2D eigenvalue weighted by molar-refractivity contribution is 0.274. The van der Waals surface area contributed by atoms with Crippen LogP contribution in [0.1, 0.15) is 31.2 Å². The minimum absolute atomic E-state index is 0.801. The number of ether oxygens (including phenoxy) is 1. The van der Waals surface area contributed by atoms with Crippen LogP contribution in [0, 0.1) is 12.8 Å². The molecule has 0 spiro atoms. The van der Waals surface area contributed by atoms with Crippen molar-refractivity contribution in [1.82, 2.24) is 14.9 Å². The van der Waals surface area contributed by atoms with Gasteiger partial charge in [0.15, 0.2) is 0 Å². The summed E-state index contributed by atoms with van der Waals surface area (Å²) in [6.45, 7) is 5.29. The van der Waals surface area contributed by atoms with Gasteiger partial charge in [0.05, 0.1) is 17.6 Å². The molecule has 0 radical (unpaired) electrons. The number of aryl methyl sites for hydroxylation is 2. The highest BCUT2D eigenvalue weighted by Gasteiger charge is 2.13. The first-order chi connectivity index (χ1) is 13.2. The number of hydrogen-bond donors (Lipinski definition) is 1. The normalized spacial score (nSPS) is 15.3.